The molecule has 2 rings (SSSR count). The normalized spacial score (nSPS) is 12.2. The molecule has 0 bridgehead atoms. The number of hydrazine groups is 1. The van der Waals surface area contributed by atoms with Crippen molar-refractivity contribution in [3.05, 3.63) is 63.9 Å². The van der Waals surface area contributed by atoms with Crippen molar-refractivity contribution in [1.29, 1.82) is 0 Å². The summed E-state index contributed by atoms with van der Waals surface area (Å²) in [7, 11) is 1.62. The summed E-state index contributed by atoms with van der Waals surface area (Å²) in [6, 6.07) is 12.1. The largest absolute Gasteiger partial charge is 0.496 e. The van der Waals surface area contributed by atoms with Gasteiger partial charge in [-0.15, -0.1) is 0 Å². The molecule has 0 aliphatic carbocycles. The maximum atomic E-state index is 12.9. The van der Waals surface area contributed by atoms with Crippen molar-refractivity contribution in [3.8, 4) is 5.75 Å². The molecule has 0 spiro atoms. The summed E-state index contributed by atoms with van der Waals surface area (Å²) in [6.45, 7) is 0. The summed E-state index contributed by atoms with van der Waals surface area (Å²) < 4.78 is 19.2. The van der Waals surface area contributed by atoms with Crippen LogP contribution in [0.4, 0.5) is 4.39 Å². The Morgan fingerprint density at radius 2 is 1.95 bits per heavy atom. The Bertz CT molecular complexity index is 575. The van der Waals surface area contributed by atoms with Crippen LogP contribution in [-0.4, -0.2) is 7.11 Å². The minimum absolute atomic E-state index is 0.108. The number of nitrogens with one attached hydrogen (secondary N) is 1. The van der Waals surface area contributed by atoms with Gasteiger partial charge in [-0.05, 0) is 36.2 Å². The van der Waals surface area contributed by atoms with E-state index in [2.05, 4.69) is 21.4 Å². The lowest BCUT2D eigenvalue weighted by molar-refractivity contribution is 0.398. The minimum atomic E-state index is -0.243. The number of nitrogens with two attached hydrogens (primary N) is 1. The van der Waals surface area contributed by atoms with Gasteiger partial charge < -0.3 is 4.74 Å². The van der Waals surface area contributed by atoms with Crippen molar-refractivity contribution in [2.24, 2.45) is 5.84 Å². The first-order valence-electron chi connectivity index (χ1n) is 6.18. The lowest BCUT2D eigenvalue weighted by atomic mass is 9.98. The van der Waals surface area contributed by atoms with E-state index >= 15 is 0 Å². The van der Waals surface area contributed by atoms with Crippen LogP contribution >= 0.6 is 15.9 Å². The summed E-state index contributed by atoms with van der Waals surface area (Å²) >= 11 is 3.41. The Labute approximate surface area is 126 Å². The number of methoxy groups -OCH3 is 1. The van der Waals surface area contributed by atoms with Crippen LogP contribution in [0.25, 0.3) is 0 Å². The molecule has 3 nitrogen and oxygen atoms in total. The third-order valence-corrected chi connectivity index (χ3v) is 3.62. The molecule has 1 atom stereocenters. The molecular formula is C15H16BrFN2O. The second kappa shape index (κ2) is 6.83. The highest BCUT2D eigenvalue weighted by molar-refractivity contribution is 9.10. The van der Waals surface area contributed by atoms with Gasteiger partial charge in [0.1, 0.15) is 11.6 Å². The topological polar surface area (TPSA) is 47.3 Å². The van der Waals surface area contributed by atoms with Crippen molar-refractivity contribution in [2.75, 3.05) is 7.11 Å². The fourth-order valence-electron chi connectivity index (χ4n) is 2.09. The molecule has 0 aromatic heterocycles. The summed E-state index contributed by atoms with van der Waals surface area (Å²) in [6.07, 6.45) is 0.648. The van der Waals surface area contributed by atoms with Crippen LogP contribution in [0, 0.1) is 5.82 Å². The van der Waals surface area contributed by atoms with Crippen LogP contribution in [0.1, 0.15) is 17.2 Å². The number of halogens is 2. The van der Waals surface area contributed by atoms with E-state index in [1.54, 1.807) is 19.2 Å². The number of ether oxygens (including phenoxy) is 1. The van der Waals surface area contributed by atoms with Gasteiger partial charge in [-0.1, -0.05) is 34.1 Å². The van der Waals surface area contributed by atoms with Gasteiger partial charge in [-0.2, -0.15) is 0 Å². The zero-order chi connectivity index (χ0) is 14.5. The predicted molar refractivity (Wildman–Crippen MR) is 80.9 cm³/mol. The zero-order valence-corrected chi connectivity index (χ0v) is 12.7. The molecule has 0 radical (unpaired) electrons. The van der Waals surface area contributed by atoms with E-state index < -0.39 is 0 Å². The maximum Gasteiger partial charge on any atom is 0.124 e. The summed E-state index contributed by atoms with van der Waals surface area (Å²) in [5.74, 6) is 6.16. The Kier molecular flexibility index (Phi) is 5.11. The van der Waals surface area contributed by atoms with Crippen LogP contribution < -0.4 is 16.0 Å². The highest BCUT2D eigenvalue weighted by Crippen LogP contribution is 2.30. The second-order valence-electron chi connectivity index (χ2n) is 4.44. The molecule has 0 aliphatic heterocycles. The SMILES string of the molecule is COc1cc(Br)ccc1C(Cc1ccc(F)cc1)NN. The highest BCUT2D eigenvalue weighted by atomic mass is 79.9. The van der Waals surface area contributed by atoms with Gasteiger partial charge in [0.25, 0.3) is 0 Å². The Morgan fingerprint density at radius 3 is 2.55 bits per heavy atom. The summed E-state index contributed by atoms with van der Waals surface area (Å²) in [5.41, 5.74) is 4.75. The average molecular weight is 339 g/mol. The van der Waals surface area contributed by atoms with Crippen molar-refractivity contribution >= 4 is 15.9 Å². The molecule has 2 aromatic rings. The van der Waals surface area contributed by atoms with Gasteiger partial charge in [0.05, 0.1) is 13.2 Å². The van der Waals surface area contributed by atoms with Crippen molar-refractivity contribution in [2.45, 2.75) is 12.5 Å². The van der Waals surface area contributed by atoms with Gasteiger partial charge in [0.2, 0.25) is 0 Å². The molecule has 3 N–H and O–H groups in total. The Balaban J connectivity index is 2.26. The van der Waals surface area contributed by atoms with Crippen molar-refractivity contribution in [3.63, 3.8) is 0 Å². The molecule has 0 amide bonds. The third kappa shape index (κ3) is 3.56. The minimum Gasteiger partial charge on any atom is -0.496 e. The van der Waals surface area contributed by atoms with E-state index in [0.717, 1.165) is 21.3 Å². The van der Waals surface area contributed by atoms with Crippen molar-refractivity contribution in [1.82, 2.24) is 5.43 Å². The quantitative estimate of drug-likeness (QED) is 0.649. The number of hydrogen-bond donors (Lipinski definition) is 2. The molecule has 0 saturated carbocycles. The molecule has 20 heavy (non-hydrogen) atoms. The van der Waals surface area contributed by atoms with Crippen LogP contribution in [0.5, 0.6) is 5.75 Å². The predicted octanol–water partition coefficient (Wildman–Crippen LogP) is 3.34. The fourth-order valence-corrected chi connectivity index (χ4v) is 2.43. The maximum absolute atomic E-state index is 12.9. The molecule has 0 heterocycles. The fraction of sp³-hybridized carbons (Fsp3) is 0.200. The van der Waals surface area contributed by atoms with E-state index in [4.69, 9.17) is 10.6 Å². The molecule has 0 saturated heterocycles. The molecule has 0 fully saturated rings. The lowest BCUT2D eigenvalue weighted by Gasteiger charge is -2.19. The van der Waals surface area contributed by atoms with Crippen LogP contribution in [-0.2, 0) is 6.42 Å². The monoisotopic (exact) mass is 338 g/mol. The Morgan fingerprint density at radius 1 is 1.25 bits per heavy atom. The zero-order valence-electron chi connectivity index (χ0n) is 11.1. The highest BCUT2D eigenvalue weighted by Gasteiger charge is 2.15. The standard InChI is InChI=1S/C15H16BrFN2O/c1-20-15-9-11(16)4-7-13(15)14(19-18)8-10-2-5-12(17)6-3-10/h2-7,9,14,19H,8,18H2,1H3. The van der Waals surface area contributed by atoms with E-state index in [1.165, 1.54) is 12.1 Å². The van der Waals surface area contributed by atoms with Crippen LogP contribution in [0.15, 0.2) is 46.9 Å². The molecule has 0 aliphatic rings. The van der Waals surface area contributed by atoms with Gasteiger partial charge in [-0.3, -0.25) is 11.3 Å². The van der Waals surface area contributed by atoms with Gasteiger partial charge in [-0.25, -0.2) is 4.39 Å². The molecule has 1 unspecified atom stereocenters. The van der Waals surface area contributed by atoms with Gasteiger partial charge in [0, 0.05) is 10.0 Å². The summed E-state index contributed by atoms with van der Waals surface area (Å²) in [5, 5.41) is 0. The number of benzene rings is 2. The summed E-state index contributed by atoms with van der Waals surface area (Å²) in [4.78, 5) is 0. The lowest BCUT2D eigenvalue weighted by Crippen LogP contribution is -2.29. The van der Waals surface area contributed by atoms with E-state index in [1.807, 2.05) is 18.2 Å². The average Bonchev–Trinajstić information content (AvgIpc) is 2.47. The second-order valence-corrected chi connectivity index (χ2v) is 5.35. The van der Waals surface area contributed by atoms with E-state index in [0.29, 0.717) is 6.42 Å². The van der Waals surface area contributed by atoms with Gasteiger partial charge >= 0.3 is 0 Å². The van der Waals surface area contributed by atoms with E-state index in [9.17, 15) is 4.39 Å². The first-order chi connectivity index (χ1) is 9.63. The third-order valence-electron chi connectivity index (χ3n) is 3.13. The first kappa shape index (κ1) is 15.0. The number of hydrogen-bond acceptors (Lipinski definition) is 3. The number of rotatable bonds is 5. The van der Waals surface area contributed by atoms with Crippen LogP contribution in [0.3, 0.4) is 0 Å². The smallest absolute Gasteiger partial charge is 0.124 e. The van der Waals surface area contributed by atoms with Crippen LogP contribution in [0.2, 0.25) is 0 Å². The van der Waals surface area contributed by atoms with E-state index in [-0.39, 0.29) is 11.9 Å². The first-order valence-corrected chi connectivity index (χ1v) is 6.97. The van der Waals surface area contributed by atoms with Gasteiger partial charge in [0.15, 0.2) is 0 Å². The Hall–Kier alpha value is -1.43. The molecular weight excluding hydrogens is 323 g/mol. The van der Waals surface area contributed by atoms with Crippen molar-refractivity contribution < 1.29 is 9.13 Å². The molecule has 106 valence electrons. The molecule has 2 aromatic carbocycles. The molecule has 5 heteroatoms.